The highest BCUT2D eigenvalue weighted by Gasteiger charge is 2.23. The van der Waals surface area contributed by atoms with Crippen LogP contribution in [0.4, 0.5) is 4.79 Å². The molecule has 1 aliphatic heterocycles. The summed E-state index contributed by atoms with van der Waals surface area (Å²) in [5.41, 5.74) is 0. The molecular formula is C20H37N5O2S. The minimum Gasteiger partial charge on any atom is -0.336 e. The molecule has 0 saturated carbocycles. The normalized spacial score (nSPS) is 17.8. The van der Waals surface area contributed by atoms with Crippen LogP contribution in [0.1, 0.15) is 59.3 Å². The van der Waals surface area contributed by atoms with Gasteiger partial charge in [-0.05, 0) is 45.6 Å². The summed E-state index contributed by atoms with van der Waals surface area (Å²) in [6, 6.07) is -0.313. The summed E-state index contributed by atoms with van der Waals surface area (Å²) in [6.45, 7) is 8.45. The largest absolute Gasteiger partial charge is 0.341 e. The number of carbonyl (C=O) groups is 2. The Bertz CT molecular complexity index is 531. The van der Waals surface area contributed by atoms with Gasteiger partial charge in [-0.3, -0.25) is 20.0 Å². The molecule has 1 rings (SSSR count). The van der Waals surface area contributed by atoms with Crippen LogP contribution in [0, 0.1) is 5.92 Å². The Kier molecular flexibility index (Phi) is 13.0. The van der Waals surface area contributed by atoms with Gasteiger partial charge in [-0.15, -0.1) is 11.8 Å². The number of aliphatic imine (C=N–C) groups is 2. The Morgan fingerprint density at radius 3 is 2.61 bits per heavy atom. The molecule has 0 bridgehead atoms. The Labute approximate surface area is 174 Å². The molecule has 1 unspecified atom stereocenters. The van der Waals surface area contributed by atoms with Crippen LogP contribution in [0.2, 0.25) is 0 Å². The smallest absolute Gasteiger partial charge is 0.336 e. The molecule has 0 aromatic rings. The van der Waals surface area contributed by atoms with E-state index < -0.39 is 0 Å². The maximum absolute atomic E-state index is 11.9. The van der Waals surface area contributed by atoms with E-state index in [9.17, 15) is 9.59 Å². The molecule has 2 N–H and O–H groups in total. The molecule has 0 radical (unpaired) electrons. The Morgan fingerprint density at radius 1 is 1.29 bits per heavy atom. The van der Waals surface area contributed by atoms with Gasteiger partial charge in [0.15, 0.2) is 6.29 Å². The number of urea groups is 1. The molecule has 0 aromatic heterocycles. The van der Waals surface area contributed by atoms with Gasteiger partial charge in [0, 0.05) is 32.3 Å². The molecule has 8 heteroatoms. The SMILES string of the molecule is CCCC=NC(NC)N1CCC(CCNC(=O)N=C(C)SCC(=O)CC)CC1. The van der Waals surface area contributed by atoms with Crippen molar-refractivity contribution < 1.29 is 9.59 Å². The predicted octanol–water partition coefficient (Wildman–Crippen LogP) is 3.30. The van der Waals surface area contributed by atoms with Crippen molar-refractivity contribution in [2.24, 2.45) is 15.9 Å². The predicted molar refractivity (Wildman–Crippen MR) is 119 cm³/mol. The molecule has 2 amide bonds. The van der Waals surface area contributed by atoms with Gasteiger partial charge in [-0.25, -0.2) is 4.79 Å². The molecule has 7 nitrogen and oxygen atoms in total. The average Bonchev–Trinajstić information content (AvgIpc) is 2.70. The first-order valence-electron chi connectivity index (χ1n) is 10.4. The van der Waals surface area contributed by atoms with Gasteiger partial charge in [-0.1, -0.05) is 20.3 Å². The van der Waals surface area contributed by atoms with E-state index >= 15 is 0 Å². The van der Waals surface area contributed by atoms with Crippen LogP contribution < -0.4 is 10.6 Å². The number of hydrogen-bond acceptors (Lipinski definition) is 6. The van der Waals surface area contributed by atoms with Crippen LogP contribution in [0.5, 0.6) is 0 Å². The van der Waals surface area contributed by atoms with Crippen molar-refractivity contribution in [1.29, 1.82) is 0 Å². The van der Waals surface area contributed by atoms with E-state index in [1.54, 1.807) is 6.92 Å². The number of piperidine rings is 1. The molecule has 28 heavy (non-hydrogen) atoms. The maximum atomic E-state index is 11.9. The van der Waals surface area contributed by atoms with Gasteiger partial charge in [0.25, 0.3) is 0 Å². The lowest BCUT2D eigenvalue weighted by Gasteiger charge is -2.35. The average molecular weight is 412 g/mol. The molecule has 1 saturated heterocycles. The summed E-state index contributed by atoms with van der Waals surface area (Å²) < 4.78 is 0. The lowest BCUT2D eigenvalue weighted by molar-refractivity contribution is -0.116. The lowest BCUT2D eigenvalue weighted by Crippen LogP contribution is -2.47. The minimum absolute atomic E-state index is 0.0709. The topological polar surface area (TPSA) is 86.2 Å². The molecule has 1 atom stereocenters. The highest BCUT2D eigenvalue weighted by Crippen LogP contribution is 2.21. The number of amides is 2. The van der Waals surface area contributed by atoms with E-state index in [1.807, 2.05) is 20.2 Å². The second kappa shape index (κ2) is 14.7. The van der Waals surface area contributed by atoms with Crippen LogP contribution in [0.25, 0.3) is 0 Å². The zero-order valence-corrected chi connectivity index (χ0v) is 18.7. The zero-order valence-electron chi connectivity index (χ0n) is 17.9. The van der Waals surface area contributed by atoms with Gasteiger partial charge in [0.1, 0.15) is 5.78 Å². The van der Waals surface area contributed by atoms with Crippen molar-refractivity contribution in [3.8, 4) is 0 Å². The summed E-state index contributed by atoms with van der Waals surface area (Å²) in [6.07, 6.45) is 7.95. The maximum Gasteiger partial charge on any atom is 0.341 e. The van der Waals surface area contributed by atoms with E-state index in [0.29, 0.717) is 29.7 Å². The standard InChI is InChI=1S/C20H37N5O2S/c1-5-7-11-22-19(21-4)25-13-9-17(10-14-25)8-12-23-20(27)24-16(3)28-15-18(26)6-2/h11,17,19,21H,5-10,12-15H2,1-4H3,(H,23,27). The molecule has 1 fully saturated rings. The number of ketones is 1. The highest BCUT2D eigenvalue weighted by molar-refractivity contribution is 8.14. The number of likely N-dealkylation sites (tertiary alicyclic amines) is 1. The minimum atomic E-state index is -0.313. The number of unbranched alkanes of at least 4 members (excludes halogenated alkanes) is 1. The second-order valence-corrected chi connectivity index (χ2v) is 8.26. The van der Waals surface area contributed by atoms with E-state index in [4.69, 9.17) is 0 Å². The first-order valence-corrected chi connectivity index (χ1v) is 11.4. The third kappa shape index (κ3) is 10.3. The number of Topliss-reactive ketones (excluding diaryl/α,β-unsaturated/α-hetero) is 1. The van der Waals surface area contributed by atoms with Crippen LogP contribution in [-0.4, -0.2) is 66.7 Å². The van der Waals surface area contributed by atoms with Gasteiger partial charge < -0.3 is 5.32 Å². The Morgan fingerprint density at radius 2 is 2.00 bits per heavy atom. The van der Waals surface area contributed by atoms with Gasteiger partial charge in [0.05, 0.1) is 10.8 Å². The highest BCUT2D eigenvalue weighted by atomic mass is 32.2. The van der Waals surface area contributed by atoms with Crippen LogP contribution in [-0.2, 0) is 4.79 Å². The molecule has 1 aliphatic rings. The Balaban J connectivity index is 2.25. The van der Waals surface area contributed by atoms with Gasteiger partial charge in [0.2, 0.25) is 0 Å². The fourth-order valence-electron chi connectivity index (χ4n) is 3.03. The number of rotatable bonds is 11. The second-order valence-electron chi connectivity index (χ2n) is 7.09. The van der Waals surface area contributed by atoms with Crippen molar-refractivity contribution >= 4 is 34.8 Å². The van der Waals surface area contributed by atoms with E-state index in [-0.39, 0.29) is 18.1 Å². The third-order valence-electron chi connectivity index (χ3n) is 4.84. The number of hydrogen-bond donors (Lipinski definition) is 2. The molecule has 1 heterocycles. The number of carbonyl (C=O) groups excluding carboxylic acids is 2. The van der Waals surface area contributed by atoms with Crippen molar-refractivity contribution in [1.82, 2.24) is 15.5 Å². The summed E-state index contributed by atoms with van der Waals surface area (Å²) in [7, 11) is 1.95. The monoisotopic (exact) mass is 411 g/mol. The van der Waals surface area contributed by atoms with Gasteiger partial charge in [-0.2, -0.15) is 4.99 Å². The summed E-state index contributed by atoms with van der Waals surface area (Å²) >= 11 is 1.33. The third-order valence-corrected chi connectivity index (χ3v) is 5.82. The number of nitrogens with one attached hydrogen (secondary N) is 2. The molecule has 0 aromatic carbocycles. The number of thioether (sulfide) groups is 1. The first kappa shape index (κ1) is 24.8. The first-order chi connectivity index (χ1) is 13.5. The van der Waals surface area contributed by atoms with E-state index in [1.165, 1.54) is 11.8 Å². The zero-order chi connectivity index (χ0) is 20.8. The number of nitrogens with zero attached hydrogens (tertiary/aromatic N) is 3. The lowest BCUT2D eigenvalue weighted by atomic mass is 9.93. The molecular weight excluding hydrogens is 374 g/mol. The van der Waals surface area contributed by atoms with Crippen molar-refractivity contribution in [2.75, 3.05) is 32.4 Å². The van der Waals surface area contributed by atoms with Gasteiger partial charge >= 0.3 is 6.03 Å². The fraction of sp³-hybridized carbons (Fsp3) is 0.800. The summed E-state index contributed by atoms with van der Waals surface area (Å²) in [5.74, 6) is 1.17. The van der Waals surface area contributed by atoms with Crippen LogP contribution in [0.15, 0.2) is 9.98 Å². The van der Waals surface area contributed by atoms with Crippen molar-refractivity contribution in [2.45, 2.75) is 65.6 Å². The Hall–Kier alpha value is -1.25. The molecule has 160 valence electrons. The summed E-state index contributed by atoms with van der Waals surface area (Å²) in [5, 5.41) is 6.78. The molecule has 0 aliphatic carbocycles. The van der Waals surface area contributed by atoms with E-state index in [0.717, 1.165) is 45.2 Å². The fourth-order valence-corrected chi connectivity index (χ4v) is 3.75. The van der Waals surface area contributed by atoms with Crippen molar-refractivity contribution in [3.63, 3.8) is 0 Å². The van der Waals surface area contributed by atoms with E-state index in [2.05, 4.69) is 32.4 Å². The molecule has 0 spiro atoms. The van der Waals surface area contributed by atoms with Crippen molar-refractivity contribution in [3.05, 3.63) is 0 Å². The van der Waals surface area contributed by atoms with Crippen LogP contribution in [0.3, 0.4) is 0 Å². The quantitative estimate of drug-likeness (QED) is 0.402. The summed E-state index contributed by atoms with van der Waals surface area (Å²) in [4.78, 5) is 34.2. The van der Waals surface area contributed by atoms with Crippen LogP contribution >= 0.6 is 11.8 Å².